The van der Waals surface area contributed by atoms with E-state index in [4.69, 9.17) is 5.84 Å². The monoisotopic (exact) mass is 235 g/mol. The number of hydrazine groups is 1. The van der Waals surface area contributed by atoms with Gasteiger partial charge in [0.1, 0.15) is 0 Å². The highest BCUT2D eigenvalue weighted by atomic mass is 32.1. The van der Waals surface area contributed by atoms with Crippen molar-refractivity contribution in [3.63, 3.8) is 0 Å². The normalized spacial score (nSPS) is 12.6. The number of hydrogen-bond acceptors (Lipinski definition) is 6. The predicted molar refractivity (Wildman–Crippen MR) is 62.7 cm³/mol. The fourth-order valence-corrected chi connectivity index (χ4v) is 2.38. The molecule has 0 aromatic carbocycles. The number of rotatable bonds is 4. The average molecular weight is 235 g/mol. The zero-order valence-corrected chi connectivity index (χ0v) is 9.74. The SMILES string of the molecule is CCc1nnsc1C(NN)c1cccnc1. The Bertz CT molecular complexity index is 441. The van der Waals surface area contributed by atoms with Crippen molar-refractivity contribution in [2.45, 2.75) is 19.4 Å². The van der Waals surface area contributed by atoms with Gasteiger partial charge in [-0.15, -0.1) is 5.10 Å². The van der Waals surface area contributed by atoms with Crippen LogP contribution >= 0.6 is 11.5 Å². The molecule has 2 aromatic rings. The van der Waals surface area contributed by atoms with Crippen LogP contribution in [-0.2, 0) is 6.42 Å². The van der Waals surface area contributed by atoms with Gasteiger partial charge in [0, 0.05) is 12.4 Å². The highest BCUT2D eigenvalue weighted by molar-refractivity contribution is 7.05. The molecule has 0 spiro atoms. The molecule has 0 saturated heterocycles. The molecule has 1 unspecified atom stereocenters. The first-order valence-electron chi connectivity index (χ1n) is 5.04. The molecule has 0 amide bonds. The summed E-state index contributed by atoms with van der Waals surface area (Å²) in [5.41, 5.74) is 4.79. The Kier molecular flexibility index (Phi) is 3.55. The molecule has 1 atom stereocenters. The Morgan fingerprint density at radius 2 is 2.44 bits per heavy atom. The third-order valence-corrected chi connectivity index (χ3v) is 3.20. The number of nitrogens with two attached hydrogens (primary N) is 1. The Balaban J connectivity index is 2.37. The van der Waals surface area contributed by atoms with E-state index in [2.05, 4.69) is 26.9 Å². The molecule has 6 heteroatoms. The lowest BCUT2D eigenvalue weighted by Crippen LogP contribution is -2.29. The van der Waals surface area contributed by atoms with E-state index in [1.54, 1.807) is 12.4 Å². The lowest BCUT2D eigenvalue weighted by atomic mass is 10.1. The average Bonchev–Trinajstić information content (AvgIpc) is 2.80. The lowest BCUT2D eigenvalue weighted by molar-refractivity contribution is 0.637. The van der Waals surface area contributed by atoms with Crippen LogP contribution in [0.2, 0.25) is 0 Å². The van der Waals surface area contributed by atoms with Crippen LogP contribution in [0.4, 0.5) is 0 Å². The molecule has 3 N–H and O–H groups in total. The molecule has 0 saturated carbocycles. The molecule has 5 nitrogen and oxygen atoms in total. The van der Waals surface area contributed by atoms with E-state index in [-0.39, 0.29) is 6.04 Å². The highest BCUT2D eigenvalue weighted by Gasteiger charge is 2.19. The first-order valence-corrected chi connectivity index (χ1v) is 5.81. The zero-order chi connectivity index (χ0) is 11.4. The minimum absolute atomic E-state index is 0.0800. The Morgan fingerprint density at radius 1 is 1.56 bits per heavy atom. The predicted octanol–water partition coefficient (Wildman–Crippen LogP) is 1.05. The van der Waals surface area contributed by atoms with E-state index in [9.17, 15) is 0 Å². The molecule has 84 valence electrons. The molecule has 0 fully saturated rings. The quantitative estimate of drug-likeness (QED) is 0.612. The maximum atomic E-state index is 5.59. The third kappa shape index (κ3) is 2.08. The van der Waals surface area contributed by atoms with Gasteiger partial charge in [0.05, 0.1) is 16.6 Å². The number of pyridine rings is 1. The molecule has 0 aliphatic carbocycles. The van der Waals surface area contributed by atoms with Crippen LogP contribution in [0.5, 0.6) is 0 Å². The van der Waals surface area contributed by atoms with Crippen molar-refractivity contribution in [2.24, 2.45) is 5.84 Å². The molecule has 16 heavy (non-hydrogen) atoms. The van der Waals surface area contributed by atoms with Crippen LogP contribution in [-0.4, -0.2) is 14.6 Å². The van der Waals surface area contributed by atoms with Crippen LogP contribution in [0.1, 0.15) is 29.1 Å². The van der Waals surface area contributed by atoms with E-state index in [0.717, 1.165) is 22.6 Å². The topological polar surface area (TPSA) is 76.7 Å². The van der Waals surface area contributed by atoms with E-state index in [1.165, 1.54) is 11.5 Å². The number of aromatic nitrogens is 3. The lowest BCUT2D eigenvalue weighted by Gasteiger charge is -2.14. The van der Waals surface area contributed by atoms with Gasteiger partial charge >= 0.3 is 0 Å². The van der Waals surface area contributed by atoms with Crippen molar-refractivity contribution in [1.29, 1.82) is 0 Å². The molecule has 2 aromatic heterocycles. The van der Waals surface area contributed by atoms with Crippen LogP contribution in [0.3, 0.4) is 0 Å². The fraction of sp³-hybridized carbons (Fsp3) is 0.300. The molecular formula is C10H13N5S. The second kappa shape index (κ2) is 5.11. The van der Waals surface area contributed by atoms with Crippen LogP contribution in [0.25, 0.3) is 0 Å². The molecule has 0 aliphatic heterocycles. The molecule has 2 rings (SSSR count). The summed E-state index contributed by atoms with van der Waals surface area (Å²) in [7, 11) is 0. The fourth-order valence-electron chi connectivity index (χ4n) is 1.55. The Morgan fingerprint density at radius 3 is 3.06 bits per heavy atom. The van der Waals surface area contributed by atoms with Crippen molar-refractivity contribution < 1.29 is 0 Å². The van der Waals surface area contributed by atoms with E-state index in [0.29, 0.717) is 0 Å². The third-order valence-electron chi connectivity index (χ3n) is 2.37. The van der Waals surface area contributed by atoms with Crippen molar-refractivity contribution in [3.8, 4) is 0 Å². The molecule has 0 bridgehead atoms. The summed E-state index contributed by atoms with van der Waals surface area (Å²) in [6.07, 6.45) is 4.39. The van der Waals surface area contributed by atoms with Crippen molar-refractivity contribution in [1.82, 2.24) is 20.0 Å². The maximum Gasteiger partial charge on any atom is 0.0852 e. The molecule has 0 radical (unpaired) electrons. The minimum atomic E-state index is -0.0800. The minimum Gasteiger partial charge on any atom is -0.271 e. The summed E-state index contributed by atoms with van der Waals surface area (Å²) in [4.78, 5) is 5.14. The van der Waals surface area contributed by atoms with Crippen molar-refractivity contribution in [3.05, 3.63) is 40.7 Å². The van der Waals surface area contributed by atoms with Gasteiger partial charge in [0.15, 0.2) is 0 Å². The summed E-state index contributed by atoms with van der Waals surface area (Å²) in [5.74, 6) is 5.59. The van der Waals surface area contributed by atoms with E-state index >= 15 is 0 Å². The largest absolute Gasteiger partial charge is 0.271 e. The van der Waals surface area contributed by atoms with Crippen molar-refractivity contribution in [2.75, 3.05) is 0 Å². The molecule has 0 aliphatic rings. The summed E-state index contributed by atoms with van der Waals surface area (Å²) < 4.78 is 3.96. The molecular weight excluding hydrogens is 222 g/mol. The van der Waals surface area contributed by atoms with Crippen LogP contribution in [0, 0.1) is 0 Å². The maximum absolute atomic E-state index is 5.59. The number of aryl methyl sites for hydroxylation is 1. The summed E-state index contributed by atoms with van der Waals surface area (Å²) in [6.45, 7) is 2.05. The first-order chi connectivity index (χ1) is 7.86. The van der Waals surface area contributed by atoms with Gasteiger partial charge in [-0.1, -0.05) is 17.5 Å². The number of hydrogen-bond donors (Lipinski definition) is 2. The summed E-state index contributed by atoms with van der Waals surface area (Å²) >= 11 is 1.37. The second-order valence-electron chi connectivity index (χ2n) is 3.32. The zero-order valence-electron chi connectivity index (χ0n) is 8.92. The summed E-state index contributed by atoms with van der Waals surface area (Å²) in [5, 5.41) is 4.08. The van der Waals surface area contributed by atoms with Gasteiger partial charge in [-0.2, -0.15) is 0 Å². The Labute approximate surface area is 97.9 Å². The van der Waals surface area contributed by atoms with Gasteiger partial charge in [-0.05, 0) is 29.6 Å². The number of nitrogens with one attached hydrogen (secondary N) is 1. The van der Waals surface area contributed by atoms with Crippen LogP contribution in [0.15, 0.2) is 24.5 Å². The van der Waals surface area contributed by atoms with Gasteiger partial charge in [-0.3, -0.25) is 10.8 Å². The molecule has 2 heterocycles. The van der Waals surface area contributed by atoms with Gasteiger partial charge in [-0.25, -0.2) is 5.43 Å². The summed E-state index contributed by atoms with van der Waals surface area (Å²) in [6, 6.07) is 3.79. The van der Waals surface area contributed by atoms with Gasteiger partial charge in [0.25, 0.3) is 0 Å². The van der Waals surface area contributed by atoms with E-state index < -0.39 is 0 Å². The van der Waals surface area contributed by atoms with Gasteiger partial charge < -0.3 is 0 Å². The Hall–Kier alpha value is -1.37. The highest BCUT2D eigenvalue weighted by Crippen LogP contribution is 2.25. The standard InChI is InChI=1S/C10H13N5S/c1-2-8-10(16-15-14-8)9(13-11)7-4-3-5-12-6-7/h3-6,9,13H,2,11H2,1H3. The second-order valence-corrected chi connectivity index (χ2v) is 4.11. The van der Waals surface area contributed by atoms with E-state index in [1.807, 2.05) is 12.1 Å². The first kappa shape index (κ1) is 11.1. The number of nitrogens with zero attached hydrogens (tertiary/aromatic N) is 3. The van der Waals surface area contributed by atoms with Crippen LogP contribution < -0.4 is 11.3 Å². The van der Waals surface area contributed by atoms with Gasteiger partial charge in [0.2, 0.25) is 0 Å². The van der Waals surface area contributed by atoms with Crippen molar-refractivity contribution >= 4 is 11.5 Å². The smallest absolute Gasteiger partial charge is 0.0852 e.